The third kappa shape index (κ3) is 2.77. The molecule has 1 amide bonds. The van der Waals surface area contributed by atoms with Crippen molar-refractivity contribution in [2.24, 2.45) is 0 Å². The Bertz CT molecular complexity index is 560. The maximum absolute atomic E-state index is 13.6. The first-order valence-corrected chi connectivity index (χ1v) is 5.05. The molecule has 1 aromatic rings. The van der Waals surface area contributed by atoms with Crippen LogP contribution in [0.4, 0.5) is 14.5 Å². The molecule has 1 N–H and O–H groups in total. The van der Waals surface area contributed by atoms with E-state index in [1.165, 1.54) is 6.07 Å². The first kappa shape index (κ1) is 13.1. The third-order valence-corrected chi connectivity index (χ3v) is 2.41. The predicted molar refractivity (Wildman–Crippen MR) is 57.6 cm³/mol. The number of amides is 1. The van der Waals surface area contributed by atoms with Crippen molar-refractivity contribution in [2.45, 2.75) is 6.42 Å². The number of anilines is 1. The van der Waals surface area contributed by atoms with Gasteiger partial charge in [-0.3, -0.25) is 4.79 Å². The van der Waals surface area contributed by atoms with Crippen LogP contribution < -0.4 is 5.32 Å². The Hall–Kier alpha value is -1.99. The molecule has 0 saturated carbocycles. The van der Waals surface area contributed by atoms with Crippen LogP contribution in [-0.2, 0) is 4.79 Å². The minimum absolute atomic E-state index is 0.0437. The molecule has 4 nitrogen and oxygen atoms in total. The molecule has 17 heavy (non-hydrogen) atoms. The van der Waals surface area contributed by atoms with Crippen LogP contribution in [0.1, 0.15) is 12.0 Å². The molecule has 0 aliphatic carbocycles. The Morgan fingerprint density at radius 1 is 1.47 bits per heavy atom. The summed E-state index contributed by atoms with van der Waals surface area (Å²) in [5, 5.41) is 18.9. The lowest BCUT2D eigenvalue weighted by Gasteiger charge is -2.08. The molecule has 7 heteroatoms. The molecule has 0 bridgehead atoms. The van der Waals surface area contributed by atoms with E-state index in [0.29, 0.717) is 0 Å². The second-order valence-electron chi connectivity index (χ2n) is 2.90. The maximum Gasteiger partial charge on any atom is 0.238 e. The zero-order chi connectivity index (χ0) is 13.0. The number of rotatable bonds is 2. The Labute approximate surface area is 104 Å². The van der Waals surface area contributed by atoms with E-state index in [0.717, 1.165) is 6.07 Å². The molecule has 0 aliphatic rings. The maximum atomic E-state index is 13.6. The molecule has 1 aromatic carbocycles. The molecule has 0 spiro atoms. The predicted octanol–water partition coefficient (Wildman–Crippen LogP) is 2.45. The highest BCUT2D eigenvalue weighted by Crippen LogP contribution is 2.30. The molecular formula is C10H4BrF2N3O. The molecular weight excluding hydrogens is 296 g/mol. The lowest BCUT2D eigenvalue weighted by molar-refractivity contribution is -0.115. The molecule has 0 atom stereocenters. The van der Waals surface area contributed by atoms with Gasteiger partial charge in [0.05, 0.1) is 11.8 Å². The number of hydrogen-bond acceptors (Lipinski definition) is 3. The van der Waals surface area contributed by atoms with Crippen molar-refractivity contribution in [2.75, 3.05) is 5.32 Å². The van der Waals surface area contributed by atoms with Crippen LogP contribution in [0, 0.1) is 34.3 Å². The van der Waals surface area contributed by atoms with Gasteiger partial charge in [-0.1, -0.05) is 0 Å². The number of hydrogen-bond donors (Lipinski definition) is 1. The highest BCUT2D eigenvalue weighted by Gasteiger charge is 2.18. The monoisotopic (exact) mass is 299 g/mol. The van der Waals surface area contributed by atoms with E-state index >= 15 is 0 Å². The largest absolute Gasteiger partial charge is 0.322 e. The van der Waals surface area contributed by atoms with Crippen LogP contribution in [0.2, 0.25) is 0 Å². The number of carbonyl (C=O) groups excluding carboxylic acids is 1. The van der Waals surface area contributed by atoms with Crippen molar-refractivity contribution < 1.29 is 13.6 Å². The first-order chi connectivity index (χ1) is 8.01. The van der Waals surface area contributed by atoms with E-state index in [4.69, 9.17) is 10.5 Å². The van der Waals surface area contributed by atoms with E-state index in [1.54, 1.807) is 6.07 Å². The van der Waals surface area contributed by atoms with Crippen LogP contribution in [0.15, 0.2) is 10.5 Å². The van der Waals surface area contributed by atoms with Gasteiger partial charge in [-0.25, -0.2) is 8.78 Å². The highest BCUT2D eigenvalue weighted by molar-refractivity contribution is 9.10. The lowest BCUT2D eigenvalue weighted by Crippen LogP contribution is -2.13. The van der Waals surface area contributed by atoms with Gasteiger partial charge < -0.3 is 5.32 Å². The zero-order valence-corrected chi connectivity index (χ0v) is 9.81. The number of carbonyl (C=O) groups is 1. The van der Waals surface area contributed by atoms with Crippen molar-refractivity contribution in [3.8, 4) is 12.1 Å². The van der Waals surface area contributed by atoms with E-state index in [-0.39, 0.29) is 10.2 Å². The van der Waals surface area contributed by atoms with Gasteiger partial charge in [-0.15, -0.1) is 0 Å². The third-order valence-electron chi connectivity index (χ3n) is 1.79. The number of benzene rings is 1. The number of nitrogens with zero attached hydrogens (tertiary/aromatic N) is 2. The summed E-state index contributed by atoms with van der Waals surface area (Å²) < 4.78 is 26.7. The van der Waals surface area contributed by atoms with Crippen LogP contribution >= 0.6 is 15.9 Å². The summed E-state index contributed by atoms with van der Waals surface area (Å²) in [4.78, 5) is 11.1. The average molecular weight is 300 g/mol. The molecule has 86 valence electrons. The van der Waals surface area contributed by atoms with Crippen LogP contribution in [-0.4, -0.2) is 5.91 Å². The van der Waals surface area contributed by atoms with E-state index in [9.17, 15) is 13.6 Å². The molecule has 1 rings (SSSR count). The topological polar surface area (TPSA) is 76.7 Å². The summed E-state index contributed by atoms with van der Waals surface area (Å²) in [7, 11) is 0. The summed E-state index contributed by atoms with van der Waals surface area (Å²) in [6.45, 7) is 0. The lowest BCUT2D eigenvalue weighted by atomic mass is 10.2. The fourth-order valence-electron chi connectivity index (χ4n) is 1.06. The zero-order valence-electron chi connectivity index (χ0n) is 8.22. The number of nitrogens with one attached hydrogen (secondary N) is 1. The molecule has 0 saturated heterocycles. The Kier molecular flexibility index (Phi) is 4.13. The SMILES string of the molecule is N#CCC(=O)Nc1c(Br)cc(F)c(C#N)c1F. The van der Waals surface area contributed by atoms with Crippen molar-refractivity contribution in [1.29, 1.82) is 10.5 Å². The van der Waals surface area contributed by atoms with Crippen LogP contribution in [0.5, 0.6) is 0 Å². The van der Waals surface area contributed by atoms with Gasteiger partial charge in [0.15, 0.2) is 5.82 Å². The van der Waals surface area contributed by atoms with Gasteiger partial charge in [-0.2, -0.15) is 10.5 Å². The molecule has 0 heterocycles. The average Bonchev–Trinajstić information content (AvgIpc) is 2.25. The minimum Gasteiger partial charge on any atom is -0.322 e. The summed E-state index contributed by atoms with van der Waals surface area (Å²) in [6.07, 6.45) is -0.467. The van der Waals surface area contributed by atoms with Gasteiger partial charge >= 0.3 is 0 Å². The van der Waals surface area contributed by atoms with Gasteiger partial charge in [0.1, 0.15) is 23.9 Å². The summed E-state index contributed by atoms with van der Waals surface area (Å²) >= 11 is 2.85. The highest BCUT2D eigenvalue weighted by atomic mass is 79.9. The van der Waals surface area contributed by atoms with Crippen molar-refractivity contribution in [1.82, 2.24) is 0 Å². The fraction of sp³-hybridized carbons (Fsp3) is 0.100. The van der Waals surface area contributed by atoms with Crippen molar-refractivity contribution in [3.63, 3.8) is 0 Å². The van der Waals surface area contributed by atoms with E-state index in [1.807, 2.05) is 0 Å². The van der Waals surface area contributed by atoms with Gasteiger partial charge in [0, 0.05) is 4.47 Å². The minimum atomic E-state index is -1.18. The molecule has 0 aliphatic heterocycles. The summed E-state index contributed by atoms with van der Waals surface area (Å²) in [5.41, 5.74) is -1.15. The number of nitriles is 2. The molecule has 0 radical (unpaired) electrons. The Morgan fingerprint density at radius 3 is 2.65 bits per heavy atom. The number of halogens is 3. The van der Waals surface area contributed by atoms with E-state index < -0.39 is 29.5 Å². The van der Waals surface area contributed by atoms with Crippen LogP contribution in [0.3, 0.4) is 0 Å². The first-order valence-electron chi connectivity index (χ1n) is 4.25. The Morgan fingerprint density at radius 2 is 2.12 bits per heavy atom. The standard InChI is InChI=1S/C10H4BrF2N3O/c11-6-3-7(12)5(4-15)9(13)10(6)16-8(17)1-2-14/h3H,1H2,(H,16,17). The Balaban J connectivity index is 3.22. The van der Waals surface area contributed by atoms with Gasteiger partial charge in [0.2, 0.25) is 5.91 Å². The molecule has 0 fully saturated rings. The quantitative estimate of drug-likeness (QED) is 0.911. The second kappa shape index (κ2) is 5.37. The van der Waals surface area contributed by atoms with Gasteiger partial charge in [0.25, 0.3) is 0 Å². The molecule has 0 unspecified atom stereocenters. The smallest absolute Gasteiger partial charge is 0.238 e. The second-order valence-corrected chi connectivity index (χ2v) is 3.75. The fourth-order valence-corrected chi connectivity index (χ4v) is 1.54. The molecule has 0 aromatic heterocycles. The van der Waals surface area contributed by atoms with Crippen molar-refractivity contribution in [3.05, 3.63) is 27.7 Å². The van der Waals surface area contributed by atoms with Crippen LogP contribution in [0.25, 0.3) is 0 Å². The summed E-state index contributed by atoms with van der Waals surface area (Å²) in [6, 6.07) is 3.79. The summed E-state index contributed by atoms with van der Waals surface area (Å²) in [5.74, 6) is -2.96. The van der Waals surface area contributed by atoms with Crippen molar-refractivity contribution >= 4 is 27.5 Å². The normalized spacial score (nSPS) is 9.24. The van der Waals surface area contributed by atoms with E-state index in [2.05, 4.69) is 21.2 Å². The van der Waals surface area contributed by atoms with Gasteiger partial charge in [-0.05, 0) is 22.0 Å².